The lowest BCUT2D eigenvalue weighted by Crippen LogP contribution is -2.20. The molecule has 0 bridgehead atoms. The molecule has 118 valence electrons. The molecule has 1 fully saturated rings. The van der Waals surface area contributed by atoms with Crippen LogP contribution in [0.2, 0.25) is 0 Å². The fraction of sp³-hybridized carbons (Fsp3) is 0.722. The molecule has 1 aliphatic carbocycles. The number of hydrogen-bond donors (Lipinski definition) is 1. The molecule has 0 radical (unpaired) electrons. The van der Waals surface area contributed by atoms with Gasteiger partial charge in [0.15, 0.2) is 0 Å². The van der Waals surface area contributed by atoms with Gasteiger partial charge in [-0.3, -0.25) is 0 Å². The summed E-state index contributed by atoms with van der Waals surface area (Å²) >= 11 is 0. The molecule has 0 amide bonds. The Morgan fingerprint density at radius 2 is 1.90 bits per heavy atom. The van der Waals surface area contributed by atoms with E-state index in [1.54, 1.807) is 0 Å². The zero-order valence-corrected chi connectivity index (χ0v) is 13.8. The van der Waals surface area contributed by atoms with Crippen molar-refractivity contribution >= 4 is 0 Å². The standard InChI is InChI=1S/C18H30N2O/c1-14(2)12-19-13-16-10-11-18(20-15(16)3)21-17-8-6-4-5-7-9-17/h10-11,14,17,19H,4-9,12-13H2,1-3H3. The van der Waals surface area contributed by atoms with E-state index in [4.69, 9.17) is 4.74 Å². The number of aryl methyl sites for hydroxylation is 1. The fourth-order valence-electron chi connectivity index (χ4n) is 2.85. The highest BCUT2D eigenvalue weighted by molar-refractivity contribution is 5.25. The maximum atomic E-state index is 6.08. The number of pyridine rings is 1. The van der Waals surface area contributed by atoms with E-state index >= 15 is 0 Å². The summed E-state index contributed by atoms with van der Waals surface area (Å²) in [6.45, 7) is 8.45. The van der Waals surface area contributed by atoms with Gasteiger partial charge in [-0.25, -0.2) is 4.98 Å². The van der Waals surface area contributed by atoms with Gasteiger partial charge in [0.1, 0.15) is 6.10 Å². The minimum absolute atomic E-state index is 0.365. The van der Waals surface area contributed by atoms with Gasteiger partial charge >= 0.3 is 0 Å². The van der Waals surface area contributed by atoms with Gasteiger partial charge in [0.25, 0.3) is 0 Å². The average Bonchev–Trinajstić information content (AvgIpc) is 2.69. The fourth-order valence-corrected chi connectivity index (χ4v) is 2.85. The third kappa shape index (κ3) is 5.66. The molecule has 21 heavy (non-hydrogen) atoms. The Morgan fingerprint density at radius 1 is 1.19 bits per heavy atom. The molecule has 0 unspecified atom stereocenters. The maximum absolute atomic E-state index is 6.08. The largest absolute Gasteiger partial charge is 0.474 e. The SMILES string of the molecule is Cc1nc(OC2CCCCCC2)ccc1CNCC(C)C. The number of hydrogen-bond acceptors (Lipinski definition) is 3. The van der Waals surface area contributed by atoms with Gasteiger partial charge in [-0.2, -0.15) is 0 Å². The van der Waals surface area contributed by atoms with Crippen LogP contribution in [0.15, 0.2) is 12.1 Å². The average molecular weight is 290 g/mol. The molecule has 1 aromatic heterocycles. The summed E-state index contributed by atoms with van der Waals surface area (Å²) in [4.78, 5) is 4.63. The van der Waals surface area contributed by atoms with Crippen molar-refractivity contribution in [2.75, 3.05) is 6.54 Å². The van der Waals surface area contributed by atoms with Crippen molar-refractivity contribution in [3.63, 3.8) is 0 Å². The summed E-state index contributed by atoms with van der Waals surface area (Å²) in [5.41, 5.74) is 2.35. The first kappa shape index (κ1) is 16.3. The van der Waals surface area contributed by atoms with Crippen LogP contribution in [0.3, 0.4) is 0 Å². The molecule has 3 nitrogen and oxygen atoms in total. The highest BCUT2D eigenvalue weighted by Gasteiger charge is 2.14. The van der Waals surface area contributed by atoms with Crippen LogP contribution in [-0.4, -0.2) is 17.6 Å². The topological polar surface area (TPSA) is 34.1 Å². The van der Waals surface area contributed by atoms with E-state index in [2.05, 4.69) is 37.1 Å². The second-order valence-electron chi connectivity index (χ2n) is 6.65. The molecule has 0 atom stereocenters. The molecule has 0 saturated heterocycles. The Morgan fingerprint density at radius 3 is 2.52 bits per heavy atom. The van der Waals surface area contributed by atoms with Gasteiger partial charge in [-0.1, -0.05) is 32.8 Å². The van der Waals surface area contributed by atoms with Crippen LogP contribution in [0, 0.1) is 12.8 Å². The number of ether oxygens (including phenoxy) is 1. The van der Waals surface area contributed by atoms with Crippen LogP contribution in [0.5, 0.6) is 5.88 Å². The second kappa shape index (κ2) is 8.38. The summed E-state index contributed by atoms with van der Waals surface area (Å²) < 4.78 is 6.08. The van der Waals surface area contributed by atoms with Crippen molar-refractivity contribution in [2.45, 2.75) is 71.9 Å². The van der Waals surface area contributed by atoms with E-state index < -0.39 is 0 Å². The first-order valence-corrected chi connectivity index (χ1v) is 8.49. The van der Waals surface area contributed by atoms with E-state index in [0.29, 0.717) is 12.0 Å². The molecule has 1 aliphatic rings. The minimum atomic E-state index is 0.365. The lowest BCUT2D eigenvalue weighted by atomic mass is 10.1. The molecular formula is C18H30N2O. The Bertz CT molecular complexity index is 423. The Hall–Kier alpha value is -1.09. The van der Waals surface area contributed by atoms with Crippen LogP contribution in [0.25, 0.3) is 0 Å². The monoisotopic (exact) mass is 290 g/mol. The molecule has 2 rings (SSSR count). The summed E-state index contributed by atoms with van der Waals surface area (Å²) in [6.07, 6.45) is 8.02. The van der Waals surface area contributed by atoms with Crippen molar-refractivity contribution in [2.24, 2.45) is 5.92 Å². The molecule has 3 heteroatoms. The van der Waals surface area contributed by atoms with Crippen LogP contribution in [0.4, 0.5) is 0 Å². The summed E-state index contributed by atoms with van der Waals surface area (Å²) in [5, 5.41) is 3.47. The van der Waals surface area contributed by atoms with E-state index in [1.165, 1.54) is 44.1 Å². The summed E-state index contributed by atoms with van der Waals surface area (Å²) in [7, 11) is 0. The van der Waals surface area contributed by atoms with Crippen molar-refractivity contribution < 1.29 is 4.74 Å². The van der Waals surface area contributed by atoms with Gasteiger partial charge in [0, 0.05) is 18.3 Å². The molecular weight excluding hydrogens is 260 g/mol. The smallest absolute Gasteiger partial charge is 0.213 e. The molecule has 1 heterocycles. The van der Waals surface area contributed by atoms with Crippen LogP contribution in [0.1, 0.15) is 63.6 Å². The minimum Gasteiger partial charge on any atom is -0.474 e. The maximum Gasteiger partial charge on any atom is 0.213 e. The quantitative estimate of drug-likeness (QED) is 0.796. The molecule has 0 aromatic carbocycles. The van der Waals surface area contributed by atoms with E-state index in [1.807, 2.05) is 6.07 Å². The Labute approximate surface area is 129 Å². The molecule has 1 saturated carbocycles. The number of aromatic nitrogens is 1. The number of nitrogens with zero attached hydrogens (tertiary/aromatic N) is 1. The van der Waals surface area contributed by atoms with Gasteiger partial charge in [0.2, 0.25) is 5.88 Å². The lowest BCUT2D eigenvalue weighted by molar-refractivity contribution is 0.176. The van der Waals surface area contributed by atoms with Crippen molar-refractivity contribution in [3.05, 3.63) is 23.4 Å². The first-order valence-electron chi connectivity index (χ1n) is 8.49. The second-order valence-corrected chi connectivity index (χ2v) is 6.65. The van der Waals surface area contributed by atoms with Gasteiger partial charge in [0.05, 0.1) is 0 Å². The third-order valence-electron chi connectivity index (χ3n) is 4.13. The Balaban J connectivity index is 1.88. The molecule has 0 spiro atoms. The predicted molar refractivity (Wildman–Crippen MR) is 87.6 cm³/mol. The molecule has 1 aromatic rings. The Kier molecular flexibility index (Phi) is 6.50. The first-order chi connectivity index (χ1) is 10.1. The van der Waals surface area contributed by atoms with Crippen molar-refractivity contribution in [3.8, 4) is 5.88 Å². The van der Waals surface area contributed by atoms with Crippen molar-refractivity contribution in [1.29, 1.82) is 0 Å². The van der Waals surface area contributed by atoms with Gasteiger partial charge < -0.3 is 10.1 Å². The lowest BCUT2D eigenvalue weighted by Gasteiger charge is -2.17. The summed E-state index contributed by atoms with van der Waals surface area (Å²) in [6, 6.07) is 4.19. The van der Waals surface area contributed by atoms with Crippen LogP contribution in [-0.2, 0) is 6.54 Å². The highest BCUT2D eigenvalue weighted by Crippen LogP contribution is 2.22. The normalized spacial score (nSPS) is 17.0. The van der Waals surface area contributed by atoms with Gasteiger partial charge in [-0.05, 0) is 50.6 Å². The molecule has 0 aliphatic heterocycles. The van der Waals surface area contributed by atoms with E-state index in [-0.39, 0.29) is 0 Å². The highest BCUT2D eigenvalue weighted by atomic mass is 16.5. The van der Waals surface area contributed by atoms with Crippen LogP contribution < -0.4 is 10.1 Å². The van der Waals surface area contributed by atoms with E-state index in [9.17, 15) is 0 Å². The predicted octanol–water partition coefficient (Wildman–Crippen LogP) is 4.24. The van der Waals surface area contributed by atoms with Gasteiger partial charge in [-0.15, -0.1) is 0 Å². The van der Waals surface area contributed by atoms with Crippen molar-refractivity contribution in [1.82, 2.24) is 10.3 Å². The number of rotatable bonds is 6. The zero-order chi connectivity index (χ0) is 15.1. The third-order valence-corrected chi connectivity index (χ3v) is 4.13. The zero-order valence-electron chi connectivity index (χ0n) is 13.8. The van der Waals surface area contributed by atoms with E-state index in [0.717, 1.165) is 24.7 Å². The summed E-state index contributed by atoms with van der Waals surface area (Å²) in [5.74, 6) is 1.48. The molecule has 1 N–H and O–H groups in total. The van der Waals surface area contributed by atoms with Crippen LogP contribution >= 0.6 is 0 Å². The number of nitrogens with one attached hydrogen (secondary N) is 1.